The molecular weight excluding hydrogens is 118 g/mol. The molecule has 0 aromatic carbocycles. The zero-order chi connectivity index (χ0) is 5.70. The van der Waals surface area contributed by atoms with E-state index >= 15 is 0 Å². The largest absolute Gasteiger partial charge is 0.370 e. The minimum atomic E-state index is -1.89. The highest BCUT2D eigenvalue weighted by Crippen LogP contribution is 1.79. The highest BCUT2D eigenvalue weighted by molar-refractivity contribution is 7.75. The first-order chi connectivity index (χ1) is 3.31. The molecule has 0 fully saturated rings. The molecule has 0 amide bonds. The maximum absolute atomic E-state index is 9.86. The fourth-order valence-electron chi connectivity index (χ4n) is 0.0644. The number of hydrogen-bond acceptors (Lipinski definition) is 4. The lowest BCUT2D eigenvalue weighted by atomic mass is 11.6. The van der Waals surface area contributed by atoms with Crippen molar-refractivity contribution in [2.75, 3.05) is 7.11 Å². The third-order valence-electron chi connectivity index (χ3n) is 0.241. The summed E-state index contributed by atoms with van der Waals surface area (Å²) in [5.74, 6) is 0. The molecule has 0 heterocycles. The fourth-order valence-corrected chi connectivity index (χ4v) is 0.193. The van der Waals surface area contributed by atoms with Crippen LogP contribution in [0.2, 0.25) is 0 Å². The summed E-state index contributed by atoms with van der Waals surface area (Å²) in [5, 5.41) is 7.62. The summed E-state index contributed by atoms with van der Waals surface area (Å²) in [7, 11) is 1.17. The standard InChI is InChI=1S/C2H3NO3S/c1-5-7(4)6-2-3/h1H3. The molecule has 0 radical (unpaired) electrons. The molecular formula is C2H3NO3S. The van der Waals surface area contributed by atoms with E-state index in [4.69, 9.17) is 5.26 Å². The predicted molar refractivity (Wildman–Crippen MR) is 21.8 cm³/mol. The number of rotatable bonds is 2. The Morgan fingerprint density at radius 2 is 2.43 bits per heavy atom. The highest BCUT2D eigenvalue weighted by atomic mass is 32.2. The molecule has 5 heteroatoms. The van der Waals surface area contributed by atoms with E-state index in [1.807, 2.05) is 0 Å². The summed E-state index contributed by atoms with van der Waals surface area (Å²) in [6.45, 7) is 0. The van der Waals surface area contributed by atoms with Crippen molar-refractivity contribution in [2.45, 2.75) is 0 Å². The average Bonchev–Trinajstić information content (AvgIpc) is 1.68. The first kappa shape index (κ1) is 6.40. The van der Waals surface area contributed by atoms with Crippen molar-refractivity contribution in [3.63, 3.8) is 0 Å². The molecule has 4 nitrogen and oxygen atoms in total. The van der Waals surface area contributed by atoms with E-state index in [1.54, 1.807) is 0 Å². The molecule has 0 saturated carbocycles. The molecule has 0 rings (SSSR count). The van der Waals surface area contributed by atoms with E-state index in [1.165, 1.54) is 13.4 Å². The Bertz CT molecular complexity index is 106. The molecule has 0 N–H and O–H groups in total. The minimum absolute atomic E-state index is 1.17. The third-order valence-corrected chi connectivity index (χ3v) is 0.724. The van der Waals surface area contributed by atoms with Crippen LogP contribution in [0.4, 0.5) is 0 Å². The van der Waals surface area contributed by atoms with Crippen LogP contribution in [0.3, 0.4) is 0 Å². The van der Waals surface area contributed by atoms with Gasteiger partial charge >= 0.3 is 17.6 Å². The first-order valence-corrected chi connectivity index (χ1v) is 2.34. The molecule has 40 valence electrons. The van der Waals surface area contributed by atoms with Gasteiger partial charge in [-0.25, -0.2) is 0 Å². The van der Waals surface area contributed by atoms with Crippen LogP contribution in [-0.2, 0) is 19.7 Å². The van der Waals surface area contributed by atoms with Crippen LogP contribution in [-0.4, -0.2) is 11.3 Å². The summed E-state index contributed by atoms with van der Waals surface area (Å²) in [5.41, 5.74) is 0. The second-order valence-electron chi connectivity index (χ2n) is 0.545. The Kier molecular flexibility index (Phi) is 3.28. The molecule has 1 atom stereocenters. The number of nitrogens with zero attached hydrogens (tertiary/aromatic N) is 1. The second kappa shape index (κ2) is 3.59. The fraction of sp³-hybridized carbons (Fsp3) is 0.500. The molecule has 0 aliphatic rings. The summed E-state index contributed by atoms with van der Waals surface area (Å²) in [6.07, 6.45) is 1.19. The zero-order valence-electron chi connectivity index (χ0n) is 3.58. The Morgan fingerprint density at radius 1 is 1.86 bits per heavy atom. The first-order valence-electron chi connectivity index (χ1n) is 1.34. The molecule has 0 aromatic heterocycles. The van der Waals surface area contributed by atoms with E-state index in [-0.39, 0.29) is 0 Å². The van der Waals surface area contributed by atoms with Crippen molar-refractivity contribution >= 4 is 11.4 Å². The third kappa shape index (κ3) is 3.22. The normalized spacial score (nSPS) is 12.0. The van der Waals surface area contributed by atoms with Gasteiger partial charge in [0.2, 0.25) is 0 Å². The van der Waals surface area contributed by atoms with Gasteiger partial charge in [0.05, 0.1) is 7.11 Å². The van der Waals surface area contributed by atoms with Gasteiger partial charge in [-0.2, -0.15) is 4.21 Å². The van der Waals surface area contributed by atoms with E-state index in [0.717, 1.165) is 0 Å². The number of hydrogen-bond donors (Lipinski definition) is 0. The molecule has 0 aromatic rings. The van der Waals surface area contributed by atoms with Crippen LogP contribution in [0.15, 0.2) is 0 Å². The molecule has 0 aliphatic carbocycles. The summed E-state index contributed by atoms with van der Waals surface area (Å²) in [4.78, 5) is 0. The molecule has 1 unspecified atom stereocenters. The minimum Gasteiger partial charge on any atom is -0.300 e. The van der Waals surface area contributed by atoms with Crippen LogP contribution in [0, 0.1) is 11.5 Å². The lowest BCUT2D eigenvalue weighted by molar-refractivity contribution is 0.369. The SMILES string of the molecule is COS(=O)OC#N. The maximum atomic E-state index is 9.86. The maximum Gasteiger partial charge on any atom is 0.370 e. The highest BCUT2D eigenvalue weighted by Gasteiger charge is 1.90. The van der Waals surface area contributed by atoms with E-state index in [9.17, 15) is 4.21 Å². The topological polar surface area (TPSA) is 59.3 Å². The Labute approximate surface area is 43.5 Å². The zero-order valence-corrected chi connectivity index (χ0v) is 4.40. The molecule has 0 bridgehead atoms. The summed E-state index contributed by atoms with van der Waals surface area (Å²) < 4.78 is 17.6. The monoisotopic (exact) mass is 121 g/mol. The van der Waals surface area contributed by atoms with Crippen LogP contribution < -0.4 is 0 Å². The van der Waals surface area contributed by atoms with Gasteiger partial charge in [-0.05, 0) is 0 Å². The van der Waals surface area contributed by atoms with Crippen LogP contribution in [0.25, 0.3) is 0 Å². The lowest BCUT2D eigenvalue weighted by Crippen LogP contribution is -1.91. The molecule has 7 heavy (non-hydrogen) atoms. The summed E-state index contributed by atoms with van der Waals surface area (Å²) in [6, 6.07) is 0. The molecule has 0 aliphatic heterocycles. The van der Waals surface area contributed by atoms with E-state index in [2.05, 4.69) is 8.37 Å². The van der Waals surface area contributed by atoms with Gasteiger partial charge in [0.25, 0.3) is 0 Å². The Morgan fingerprint density at radius 3 is 2.57 bits per heavy atom. The van der Waals surface area contributed by atoms with E-state index in [0.29, 0.717) is 0 Å². The van der Waals surface area contributed by atoms with Gasteiger partial charge in [0, 0.05) is 0 Å². The Balaban J connectivity index is 3.23. The van der Waals surface area contributed by atoms with Gasteiger partial charge in [-0.3, -0.25) is 8.37 Å². The quantitative estimate of drug-likeness (QED) is 0.471. The lowest BCUT2D eigenvalue weighted by Gasteiger charge is -1.84. The van der Waals surface area contributed by atoms with Crippen molar-refractivity contribution < 1.29 is 12.6 Å². The van der Waals surface area contributed by atoms with Crippen molar-refractivity contribution in [2.24, 2.45) is 0 Å². The molecule has 0 spiro atoms. The van der Waals surface area contributed by atoms with Gasteiger partial charge in [0.1, 0.15) is 0 Å². The van der Waals surface area contributed by atoms with Gasteiger partial charge < -0.3 is 0 Å². The van der Waals surface area contributed by atoms with Crippen molar-refractivity contribution in [1.29, 1.82) is 5.26 Å². The van der Waals surface area contributed by atoms with Gasteiger partial charge in [0.15, 0.2) is 0 Å². The van der Waals surface area contributed by atoms with Crippen molar-refractivity contribution in [3.05, 3.63) is 0 Å². The Hall–Kier alpha value is -0.600. The predicted octanol–water partition coefficient (Wildman–Crippen LogP) is -0.291. The summed E-state index contributed by atoms with van der Waals surface area (Å²) >= 11 is -1.89. The van der Waals surface area contributed by atoms with E-state index < -0.39 is 11.4 Å². The van der Waals surface area contributed by atoms with Crippen LogP contribution >= 0.6 is 0 Å². The molecule has 0 saturated heterocycles. The smallest absolute Gasteiger partial charge is 0.300 e. The van der Waals surface area contributed by atoms with Crippen LogP contribution in [0.5, 0.6) is 0 Å². The average molecular weight is 121 g/mol. The van der Waals surface area contributed by atoms with Gasteiger partial charge in [-0.1, -0.05) is 0 Å². The van der Waals surface area contributed by atoms with Crippen molar-refractivity contribution in [3.8, 4) is 6.26 Å². The number of nitriles is 1. The van der Waals surface area contributed by atoms with Gasteiger partial charge in [-0.15, -0.1) is 5.26 Å². The van der Waals surface area contributed by atoms with Crippen molar-refractivity contribution in [1.82, 2.24) is 0 Å². The van der Waals surface area contributed by atoms with Crippen LogP contribution in [0.1, 0.15) is 0 Å². The second-order valence-corrected chi connectivity index (χ2v) is 1.45.